The quantitative estimate of drug-likeness (QED) is 0.384. The number of H-pyrrole nitrogens is 2. The Morgan fingerprint density at radius 3 is 1.88 bits per heavy atom. The van der Waals surface area contributed by atoms with E-state index in [0.717, 1.165) is 15.5 Å². The molecular formula is C20H11BrN2O2. The highest BCUT2D eigenvalue weighted by molar-refractivity contribution is 9.10. The summed E-state index contributed by atoms with van der Waals surface area (Å²) in [6.45, 7) is 0. The number of hydrogen-bond acceptors (Lipinski definition) is 2. The van der Waals surface area contributed by atoms with E-state index in [1.54, 1.807) is 24.3 Å². The number of pyridine rings is 2. The summed E-state index contributed by atoms with van der Waals surface area (Å²) in [4.78, 5) is 32.2. The van der Waals surface area contributed by atoms with Crippen LogP contribution >= 0.6 is 15.9 Å². The lowest BCUT2D eigenvalue weighted by Gasteiger charge is -2.07. The predicted octanol–water partition coefficient (Wildman–Crippen LogP) is 4.44. The number of fused-ring (bicyclic) bond motifs is 4. The van der Waals surface area contributed by atoms with Crippen LogP contribution in [0.2, 0.25) is 0 Å². The molecule has 0 bridgehead atoms. The normalized spacial score (nSPS) is 11.7. The summed E-state index contributed by atoms with van der Waals surface area (Å²) in [7, 11) is 0. The van der Waals surface area contributed by atoms with Gasteiger partial charge in [-0.2, -0.15) is 0 Å². The molecule has 5 heteroatoms. The van der Waals surface area contributed by atoms with Gasteiger partial charge in [-0.1, -0.05) is 28.1 Å². The predicted molar refractivity (Wildman–Crippen MR) is 105 cm³/mol. The third kappa shape index (κ3) is 2.06. The zero-order valence-corrected chi connectivity index (χ0v) is 14.5. The van der Waals surface area contributed by atoms with Crippen molar-refractivity contribution in [3.05, 3.63) is 79.5 Å². The number of aromatic nitrogens is 2. The van der Waals surface area contributed by atoms with Crippen LogP contribution in [0.25, 0.3) is 43.6 Å². The molecule has 0 aliphatic rings. The maximum Gasteiger partial charge on any atom is 0.197 e. The molecule has 0 aliphatic heterocycles. The third-order valence-corrected chi connectivity index (χ3v) is 5.08. The first-order chi connectivity index (χ1) is 12.1. The molecule has 3 aromatic carbocycles. The van der Waals surface area contributed by atoms with Gasteiger partial charge < -0.3 is 9.97 Å². The van der Waals surface area contributed by atoms with Crippen molar-refractivity contribution >= 4 is 59.5 Å². The largest absolute Gasteiger partial charge is 0.354 e. The molecule has 2 aromatic heterocycles. The van der Waals surface area contributed by atoms with Gasteiger partial charge in [-0.05, 0) is 42.5 Å². The van der Waals surface area contributed by atoms with Gasteiger partial charge in [0.15, 0.2) is 10.9 Å². The second-order valence-electron chi connectivity index (χ2n) is 6.09. The Morgan fingerprint density at radius 1 is 0.600 bits per heavy atom. The van der Waals surface area contributed by atoms with Gasteiger partial charge in [0.05, 0.1) is 16.6 Å². The minimum absolute atomic E-state index is 0.0403. The molecule has 5 rings (SSSR count). The maximum atomic E-state index is 12.9. The first-order valence-corrected chi connectivity index (χ1v) is 8.61. The molecule has 25 heavy (non-hydrogen) atoms. The molecule has 0 atom stereocenters. The van der Waals surface area contributed by atoms with Crippen molar-refractivity contribution in [2.45, 2.75) is 0 Å². The zero-order valence-electron chi connectivity index (χ0n) is 12.9. The summed E-state index contributed by atoms with van der Waals surface area (Å²) in [6.07, 6.45) is 0. The fourth-order valence-electron chi connectivity index (χ4n) is 3.37. The maximum absolute atomic E-state index is 12.9. The molecule has 2 N–H and O–H groups in total. The molecule has 0 aliphatic carbocycles. The Hall–Kier alpha value is -2.92. The molecule has 0 unspecified atom stereocenters. The van der Waals surface area contributed by atoms with E-state index in [1.807, 2.05) is 30.3 Å². The van der Waals surface area contributed by atoms with Gasteiger partial charge in [0, 0.05) is 31.5 Å². The van der Waals surface area contributed by atoms with E-state index in [0.29, 0.717) is 32.6 Å². The van der Waals surface area contributed by atoms with Gasteiger partial charge in [0.25, 0.3) is 0 Å². The van der Waals surface area contributed by atoms with E-state index in [1.165, 1.54) is 0 Å². The van der Waals surface area contributed by atoms with Crippen molar-refractivity contribution in [1.82, 2.24) is 9.97 Å². The summed E-state index contributed by atoms with van der Waals surface area (Å²) in [5.74, 6) is 0. The molecule has 0 saturated heterocycles. The SMILES string of the molecule is O=c1c2ccccc2[nH]c2cc3c(=O)c4ccc(Br)cc4[nH]c3cc12. The fraction of sp³-hybridized carbons (Fsp3) is 0. The molecule has 0 saturated carbocycles. The third-order valence-electron chi connectivity index (χ3n) is 4.58. The highest BCUT2D eigenvalue weighted by Gasteiger charge is 2.11. The fourth-order valence-corrected chi connectivity index (χ4v) is 3.73. The van der Waals surface area contributed by atoms with E-state index in [9.17, 15) is 9.59 Å². The van der Waals surface area contributed by atoms with Crippen LogP contribution in [0.3, 0.4) is 0 Å². The molecule has 0 fully saturated rings. The van der Waals surface area contributed by atoms with Gasteiger partial charge >= 0.3 is 0 Å². The van der Waals surface area contributed by atoms with E-state index < -0.39 is 0 Å². The van der Waals surface area contributed by atoms with Gasteiger partial charge in [0.2, 0.25) is 0 Å². The van der Waals surface area contributed by atoms with Crippen molar-refractivity contribution in [3.63, 3.8) is 0 Å². The van der Waals surface area contributed by atoms with Crippen LogP contribution < -0.4 is 10.9 Å². The Morgan fingerprint density at radius 2 is 1.16 bits per heavy atom. The first kappa shape index (κ1) is 14.4. The average molecular weight is 391 g/mol. The van der Waals surface area contributed by atoms with Gasteiger partial charge in [-0.25, -0.2) is 0 Å². The van der Waals surface area contributed by atoms with E-state index in [4.69, 9.17) is 0 Å². The van der Waals surface area contributed by atoms with Crippen molar-refractivity contribution in [3.8, 4) is 0 Å². The average Bonchev–Trinajstić information content (AvgIpc) is 2.61. The minimum Gasteiger partial charge on any atom is -0.354 e. The Labute approximate surface area is 149 Å². The number of aromatic amines is 2. The first-order valence-electron chi connectivity index (χ1n) is 7.82. The Balaban J connectivity index is 2.02. The van der Waals surface area contributed by atoms with Crippen molar-refractivity contribution in [2.75, 3.05) is 0 Å². The molecule has 4 nitrogen and oxygen atoms in total. The number of rotatable bonds is 0. The van der Waals surface area contributed by atoms with Crippen LogP contribution in [0, 0.1) is 0 Å². The van der Waals surface area contributed by atoms with E-state index in [-0.39, 0.29) is 10.9 Å². The molecular weight excluding hydrogens is 380 g/mol. The smallest absolute Gasteiger partial charge is 0.197 e. The summed E-state index contributed by atoms with van der Waals surface area (Å²) in [6, 6.07) is 16.4. The standard InChI is InChI=1S/C20H11BrN2O2/c21-10-5-6-12-16(7-10)23-18-9-13-17(8-14(18)20(12)25)22-15-4-2-1-3-11(15)19(13)24/h1-9H,(H,22,24)(H,23,25). The number of halogens is 1. The lowest BCUT2D eigenvalue weighted by atomic mass is 10.1. The number of hydrogen-bond donors (Lipinski definition) is 2. The van der Waals surface area contributed by atoms with Crippen molar-refractivity contribution in [1.29, 1.82) is 0 Å². The molecule has 120 valence electrons. The molecule has 0 amide bonds. The van der Waals surface area contributed by atoms with E-state index >= 15 is 0 Å². The molecule has 0 spiro atoms. The number of para-hydroxylation sites is 1. The van der Waals surface area contributed by atoms with Crippen molar-refractivity contribution < 1.29 is 0 Å². The zero-order chi connectivity index (χ0) is 17.1. The topological polar surface area (TPSA) is 65.7 Å². The monoisotopic (exact) mass is 390 g/mol. The highest BCUT2D eigenvalue weighted by Crippen LogP contribution is 2.23. The van der Waals surface area contributed by atoms with Crippen LogP contribution in [-0.4, -0.2) is 9.97 Å². The molecule has 0 radical (unpaired) electrons. The van der Waals surface area contributed by atoms with Gasteiger partial charge in [-0.3, -0.25) is 9.59 Å². The minimum atomic E-state index is -0.0489. The molecule has 2 heterocycles. The Bertz CT molecular complexity index is 1450. The van der Waals surface area contributed by atoms with Crippen LogP contribution in [-0.2, 0) is 0 Å². The van der Waals surface area contributed by atoms with Crippen LogP contribution in [0.5, 0.6) is 0 Å². The van der Waals surface area contributed by atoms with E-state index in [2.05, 4.69) is 25.9 Å². The molecule has 5 aromatic rings. The summed E-state index contributed by atoms with van der Waals surface area (Å²) >= 11 is 3.42. The van der Waals surface area contributed by atoms with Crippen LogP contribution in [0.15, 0.2) is 68.7 Å². The lowest BCUT2D eigenvalue weighted by molar-refractivity contribution is 1.45. The second-order valence-corrected chi connectivity index (χ2v) is 7.00. The van der Waals surface area contributed by atoms with Crippen molar-refractivity contribution in [2.24, 2.45) is 0 Å². The van der Waals surface area contributed by atoms with Gasteiger partial charge in [0.1, 0.15) is 0 Å². The van der Waals surface area contributed by atoms with Gasteiger partial charge in [-0.15, -0.1) is 0 Å². The lowest BCUT2D eigenvalue weighted by Crippen LogP contribution is -2.08. The summed E-state index contributed by atoms with van der Waals surface area (Å²) in [5, 5.41) is 2.39. The Kier molecular flexibility index (Phi) is 2.91. The number of benzene rings is 3. The summed E-state index contributed by atoms with van der Waals surface area (Å²) in [5.41, 5.74) is 2.74. The number of nitrogens with one attached hydrogen (secondary N) is 2. The second kappa shape index (κ2) is 5.04. The van der Waals surface area contributed by atoms with Crippen LogP contribution in [0.1, 0.15) is 0 Å². The van der Waals surface area contributed by atoms with Crippen LogP contribution in [0.4, 0.5) is 0 Å². The highest BCUT2D eigenvalue weighted by atomic mass is 79.9. The summed E-state index contributed by atoms with van der Waals surface area (Å²) < 4.78 is 0.889.